The molecular weight excluding hydrogens is 360 g/mol. The summed E-state index contributed by atoms with van der Waals surface area (Å²) in [6.45, 7) is 0.789. The molecule has 6 heteroatoms. The second-order valence-electron chi connectivity index (χ2n) is 9.25. The molecule has 1 heterocycles. The van der Waals surface area contributed by atoms with Crippen molar-refractivity contribution in [3.63, 3.8) is 0 Å². The molecule has 1 amide bonds. The smallest absolute Gasteiger partial charge is 0.269 e. The number of thioether (sulfide) groups is 1. The first kappa shape index (κ1) is 17.5. The summed E-state index contributed by atoms with van der Waals surface area (Å²) in [5.74, 6) is 3.83. The Labute approximate surface area is 164 Å². The van der Waals surface area contributed by atoms with Gasteiger partial charge in [0.15, 0.2) is 0 Å². The predicted octanol–water partition coefficient (Wildman–Crippen LogP) is 4.78. The molecule has 1 aromatic rings. The summed E-state index contributed by atoms with van der Waals surface area (Å²) in [6.07, 6.45) is 8.69. The monoisotopic (exact) mass is 386 g/mol. The minimum atomic E-state index is -0.373. The number of amides is 1. The summed E-state index contributed by atoms with van der Waals surface area (Å²) in [5.41, 5.74) is 1.37. The number of rotatable bonds is 4. The van der Waals surface area contributed by atoms with Crippen LogP contribution < -0.4 is 0 Å². The Balaban J connectivity index is 1.31. The Morgan fingerprint density at radius 3 is 2.26 bits per heavy atom. The lowest BCUT2D eigenvalue weighted by atomic mass is 9.49. The molecule has 0 spiro atoms. The van der Waals surface area contributed by atoms with Gasteiger partial charge in [-0.1, -0.05) is 0 Å². The average Bonchev–Trinajstić information content (AvgIpc) is 3.10. The number of nitro groups is 1. The summed E-state index contributed by atoms with van der Waals surface area (Å²) in [7, 11) is 0. The van der Waals surface area contributed by atoms with E-state index in [1.54, 1.807) is 23.9 Å². The molecule has 4 bridgehead atoms. The lowest BCUT2D eigenvalue weighted by Crippen LogP contribution is -2.48. The van der Waals surface area contributed by atoms with E-state index in [1.165, 1.54) is 38.5 Å². The highest BCUT2D eigenvalue weighted by atomic mass is 32.2. The van der Waals surface area contributed by atoms with E-state index in [9.17, 15) is 14.9 Å². The van der Waals surface area contributed by atoms with Crippen molar-refractivity contribution in [2.45, 2.75) is 50.3 Å². The van der Waals surface area contributed by atoms with Gasteiger partial charge in [0.1, 0.15) is 5.37 Å². The van der Waals surface area contributed by atoms with Crippen molar-refractivity contribution in [1.29, 1.82) is 0 Å². The van der Waals surface area contributed by atoms with Crippen LogP contribution >= 0.6 is 11.8 Å². The lowest BCUT2D eigenvalue weighted by Gasteiger charge is -2.57. The number of carbonyl (C=O) groups is 1. The summed E-state index contributed by atoms with van der Waals surface area (Å²) < 4.78 is 0. The molecule has 5 aliphatic rings. The first-order chi connectivity index (χ1) is 13.0. The van der Waals surface area contributed by atoms with Gasteiger partial charge in [-0.3, -0.25) is 14.9 Å². The van der Waals surface area contributed by atoms with Crippen LogP contribution in [0.15, 0.2) is 24.3 Å². The van der Waals surface area contributed by atoms with E-state index >= 15 is 0 Å². The van der Waals surface area contributed by atoms with Crippen molar-refractivity contribution in [2.24, 2.45) is 23.2 Å². The van der Waals surface area contributed by atoms with Gasteiger partial charge >= 0.3 is 0 Å². The molecule has 0 N–H and O–H groups in total. The quantitative estimate of drug-likeness (QED) is 0.552. The molecule has 4 saturated carbocycles. The third-order valence-corrected chi connectivity index (χ3v) is 8.55. The summed E-state index contributed by atoms with van der Waals surface area (Å²) in [5, 5.41) is 10.9. The van der Waals surface area contributed by atoms with E-state index in [2.05, 4.69) is 0 Å². The molecule has 1 unspecified atom stereocenters. The first-order valence-electron chi connectivity index (χ1n) is 10.2. The van der Waals surface area contributed by atoms with E-state index in [0.717, 1.165) is 35.6 Å². The molecule has 1 aromatic carbocycles. The number of non-ortho nitro benzene ring substituents is 1. The van der Waals surface area contributed by atoms with Crippen LogP contribution in [0.4, 0.5) is 5.69 Å². The third kappa shape index (κ3) is 3.16. The van der Waals surface area contributed by atoms with Crippen LogP contribution in [-0.4, -0.2) is 28.0 Å². The molecule has 0 aromatic heterocycles. The van der Waals surface area contributed by atoms with Gasteiger partial charge in [0.05, 0.1) is 4.92 Å². The molecule has 1 atom stereocenters. The van der Waals surface area contributed by atoms with Crippen molar-refractivity contribution in [3.8, 4) is 0 Å². The zero-order chi connectivity index (χ0) is 18.6. The van der Waals surface area contributed by atoms with Crippen LogP contribution in [0.2, 0.25) is 0 Å². The molecule has 144 valence electrons. The van der Waals surface area contributed by atoms with Crippen molar-refractivity contribution < 1.29 is 9.72 Å². The maximum atomic E-state index is 13.3. The van der Waals surface area contributed by atoms with Crippen molar-refractivity contribution in [3.05, 3.63) is 39.9 Å². The van der Waals surface area contributed by atoms with Crippen LogP contribution in [0.1, 0.15) is 55.9 Å². The van der Waals surface area contributed by atoms with Gasteiger partial charge in [-0.2, -0.15) is 0 Å². The van der Waals surface area contributed by atoms with Crippen LogP contribution in [0.5, 0.6) is 0 Å². The van der Waals surface area contributed by atoms with Gasteiger partial charge in [0.25, 0.3) is 5.69 Å². The average molecular weight is 387 g/mol. The maximum absolute atomic E-state index is 13.3. The van der Waals surface area contributed by atoms with E-state index in [-0.39, 0.29) is 21.4 Å². The standard InChI is InChI=1S/C21H26N2O3S/c24-19(13-21-10-14-7-15(11-21)9-16(8-14)12-21)22-5-6-27-20(22)17-1-3-18(4-2-17)23(25)26/h1-4,14-16,20H,5-13H2. The molecule has 1 aliphatic heterocycles. The number of nitro benzene ring substituents is 1. The summed E-state index contributed by atoms with van der Waals surface area (Å²) >= 11 is 1.77. The Hall–Kier alpha value is -1.56. The zero-order valence-electron chi connectivity index (χ0n) is 15.5. The second-order valence-corrected chi connectivity index (χ2v) is 10.4. The van der Waals surface area contributed by atoms with Crippen molar-refractivity contribution in [1.82, 2.24) is 4.90 Å². The zero-order valence-corrected chi connectivity index (χ0v) is 16.3. The van der Waals surface area contributed by atoms with Crippen molar-refractivity contribution in [2.75, 3.05) is 12.3 Å². The Bertz CT molecular complexity index is 728. The molecule has 0 radical (unpaired) electrons. The number of benzene rings is 1. The normalized spacial score (nSPS) is 37.0. The topological polar surface area (TPSA) is 63.5 Å². The predicted molar refractivity (Wildman–Crippen MR) is 105 cm³/mol. The van der Waals surface area contributed by atoms with E-state index in [1.807, 2.05) is 17.0 Å². The fourth-order valence-electron chi connectivity index (χ4n) is 6.69. The first-order valence-corrected chi connectivity index (χ1v) is 11.2. The van der Waals surface area contributed by atoms with Crippen LogP contribution in [-0.2, 0) is 4.79 Å². The molecule has 6 rings (SSSR count). The number of hydrogen-bond acceptors (Lipinski definition) is 4. The fraction of sp³-hybridized carbons (Fsp3) is 0.667. The van der Waals surface area contributed by atoms with Crippen molar-refractivity contribution >= 4 is 23.4 Å². The molecule has 5 nitrogen and oxygen atoms in total. The Morgan fingerprint density at radius 2 is 1.70 bits per heavy atom. The van der Waals surface area contributed by atoms with E-state index in [0.29, 0.717) is 12.3 Å². The number of hydrogen-bond donors (Lipinski definition) is 0. The van der Waals surface area contributed by atoms with Gasteiger partial charge < -0.3 is 4.90 Å². The highest BCUT2D eigenvalue weighted by Crippen LogP contribution is 2.61. The fourth-order valence-corrected chi connectivity index (χ4v) is 7.97. The van der Waals surface area contributed by atoms with Gasteiger partial charge in [0, 0.05) is 30.9 Å². The molecule has 1 saturated heterocycles. The maximum Gasteiger partial charge on any atom is 0.269 e. The molecule has 5 fully saturated rings. The van der Waals surface area contributed by atoms with Gasteiger partial charge in [-0.25, -0.2) is 0 Å². The minimum absolute atomic E-state index is 0.00668. The number of carbonyl (C=O) groups excluding carboxylic acids is 1. The molecule has 4 aliphatic carbocycles. The van der Waals surface area contributed by atoms with Gasteiger partial charge in [-0.15, -0.1) is 11.8 Å². The highest BCUT2D eigenvalue weighted by molar-refractivity contribution is 7.99. The third-order valence-electron chi connectivity index (χ3n) is 7.29. The van der Waals surface area contributed by atoms with Crippen LogP contribution in [0.25, 0.3) is 0 Å². The Morgan fingerprint density at radius 1 is 1.11 bits per heavy atom. The minimum Gasteiger partial charge on any atom is -0.326 e. The van der Waals surface area contributed by atoms with Gasteiger partial charge in [-0.05, 0) is 79.4 Å². The SMILES string of the molecule is O=C(CC12CC3CC(CC(C3)C1)C2)N1CCSC1c1ccc([N+](=O)[O-])cc1. The van der Waals surface area contributed by atoms with Gasteiger partial charge in [0.2, 0.25) is 5.91 Å². The van der Waals surface area contributed by atoms with Crippen LogP contribution in [0.3, 0.4) is 0 Å². The number of nitrogens with zero attached hydrogens (tertiary/aromatic N) is 2. The summed E-state index contributed by atoms with van der Waals surface area (Å²) in [6, 6.07) is 6.73. The van der Waals surface area contributed by atoms with Crippen LogP contribution in [0, 0.1) is 33.3 Å². The second kappa shape index (κ2) is 6.50. The Kier molecular flexibility index (Phi) is 4.22. The molecule has 27 heavy (non-hydrogen) atoms. The van der Waals surface area contributed by atoms with E-state index < -0.39 is 0 Å². The largest absolute Gasteiger partial charge is 0.326 e. The lowest BCUT2D eigenvalue weighted by molar-refractivity contribution is -0.384. The van der Waals surface area contributed by atoms with E-state index in [4.69, 9.17) is 0 Å². The highest BCUT2D eigenvalue weighted by Gasteiger charge is 2.52. The summed E-state index contributed by atoms with van der Waals surface area (Å²) in [4.78, 5) is 25.8. The molecular formula is C21H26N2O3S.